The van der Waals surface area contributed by atoms with Crippen LogP contribution in [0.15, 0.2) is 60.2 Å². The summed E-state index contributed by atoms with van der Waals surface area (Å²) >= 11 is 6.23. The van der Waals surface area contributed by atoms with Crippen molar-refractivity contribution in [3.05, 3.63) is 99.3 Å². The highest BCUT2D eigenvalue weighted by molar-refractivity contribution is 6.51. The topological polar surface area (TPSA) is 66.8 Å². The van der Waals surface area contributed by atoms with Gasteiger partial charge >= 0.3 is 0 Å². The molecular weight excluding hydrogens is 471 g/mol. The third-order valence-electron chi connectivity index (χ3n) is 5.45. The second-order valence-corrected chi connectivity index (χ2v) is 8.05. The highest BCUT2D eigenvalue weighted by Gasteiger charge is 2.48. The lowest BCUT2D eigenvalue weighted by atomic mass is 9.94. The number of anilines is 1. The summed E-state index contributed by atoms with van der Waals surface area (Å²) in [4.78, 5) is 27.0. The second-order valence-electron chi connectivity index (χ2n) is 7.64. The maximum absolute atomic E-state index is 14.7. The van der Waals surface area contributed by atoms with Gasteiger partial charge < -0.3 is 9.84 Å². The molecule has 1 saturated heterocycles. The van der Waals surface area contributed by atoms with Crippen LogP contribution < -0.4 is 9.64 Å². The number of rotatable bonds is 4. The van der Waals surface area contributed by atoms with Gasteiger partial charge in [-0.05, 0) is 54.4 Å². The Bertz CT molecular complexity index is 1360. The number of hydrogen-bond acceptors (Lipinski definition) is 4. The summed E-state index contributed by atoms with van der Waals surface area (Å²) in [5, 5.41) is 11.4. The number of amides is 1. The third-order valence-corrected chi connectivity index (χ3v) is 5.73. The van der Waals surface area contributed by atoms with Crippen LogP contribution in [0.5, 0.6) is 5.75 Å². The Morgan fingerprint density at radius 2 is 1.65 bits per heavy atom. The van der Waals surface area contributed by atoms with Crippen molar-refractivity contribution in [2.24, 2.45) is 0 Å². The number of carbonyl (C=O) groups is 2. The van der Waals surface area contributed by atoms with Gasteiger partial charge in [-0.1, -0.05) is 23.7 Å². The molecule has 174 valence electrons. The summed E-state index contributed by atoms with van der Waals surface area (Å²) < 4.78 is 47.1. The fourth-order valence-corrected chi connectivity index (χ4v) is 4.33. The van der Waals surface area contributed by atoms with Crippen molar-refractivity contribution < 1.29 is 32.6 Å². The van der Waals surface area contributed by atoms with Crippen molar-refractivity contribution >= 4 is 34.7 Å². The van der Waals surface area contributed by atoms with E-state index in [2.05, 4.69) is 0 Å². The first-order valence-corrected chi connectivity index (χ1v) is 10.4. The number of Topliss-reactive ketones (excluding diaryl/α,β-unsaturated/α-hetero) is 1. The van der Waals surface area contributed by atoms with Gasteiger partial charge in [-0.2, -0.15) is 0 Å². The summed E-state index contributed by atoms with van der Waals surface area (Å²) in [7, 11) is 1.32. The number of halogens is 4. The van der Waals surface area contributed by atoms with E-state index >= 15 is 0 Å². The number of ketones is 1. The van der Waals surface area contributed by atoms with Gasteiger partial charge in [-0.15, -0.1) is 0 Å². The average Bonchev–Trinajstić information content (AvgIpc) is 3.04. The number of carbonyl (C=O) groups excluding carboxylic acids is 2. The van der Waals surface area contributed by atoms with E-state index < -0.39 is 40.9 Å². The molecule has 5 nitrogen and oxygen atoms in total. The number of aryl methyl sites for hydroxylation is 1. The minimum atomic E-state index is -1.34. The lowest BCUT2D eigenvalue weighted by molar-refractivity contribution is -0.132. The first-order valence-electron chi connectivity index (χ1n) is 10.00. The molecule has 0 bridgehead atoms. The highest BCUT2D eigenvalue weighted by atomic mass is 35.5. The van der Waals surface area contributed by atoms with Crippen LogP contribution in [0, 0.1) is 24.4 Å². The molecule has 0 aliphatic carbocycles. The largest absolute Gasteiger partial charge is 0.507 e. The summed E-state index contributed by atoms with van der Waals surface area (Å²) in [6.45, 7) is 1.70. The van der Waals surface area contributed by atoms with E-state index in [0.29, 0.717) is 11.6 Å². The molecule has 4 rings (SSSR count). The van der Waals surface area contributed by atoms with Crippen LogP contribution in [0.4, 0.5) is 18.9 Å². The number of methoxy groups -OCH3 is 1. The predicted octanol–water partition coefficient (Wildman–Crippen LogP) is 5.70. The minimum absolute atomic E-state index is 0.0391. The van der Waals surface area contributed by atoms with Crippen LogP contribution in [0.1, 0.15) is 22.7 Å². The summed E-state index contributed by atoms with van der Waals surface area (Å²) in [6, 6.07) is 9.06. The van der Waals surface area contributed by atoms with E-state index in [-0.39, 0.29) is 33.2 Å². The molecule has 1 fully saturated rings. The number of benzene rings is 3. The van der Waals surface area contributed by atoms with Gasteiger partial charge in [0.05, 0.1) is 35.0 Å². The molecule has 1 heterocycles. The molecule has 34 heavy (non-hydrogen) atoms. The van der Waals surface area contributed by atoms with Crippen molar-refractivity contribution in [3.8, 4) is 5.75 Å². The first kappa shape index (κ1) is 23.4. The number of aliphatic hydroxyl groups is 1. The molecule has 3 aromatic carbocycles. The van der Waals surface area contributed by atoms with Gasteiger partial charge in [0.25, 0.3) is 11.7 Å². The normalized spacial score (nSPS) is 17.4. The molecule has 0 spiro atoms. The Balaban J connectivity index is 2.02. The van der Waals surface area contributed by atoms with E-state index in [1.807, 2.05) is 0 Å². The molecule has 1 N–H and O–H groups in total. The van der Waals surface area contributed by atoms with Gasteiger partial charge in [0.15, 0.2) is 0 Å². The quantitative estimate of drug-likeness (QED) is 0.291. The monoisotopic (exact) mass is 487 g/mol. The fraction of sp³-hybridized carbons (Fsp3) is 0.120. The molecule has 1 aliphatic heterocycles. The molecule has 0 aromatic heterocycles. The smallest absolute Gasteiger partial charge is 0.300 e. The highest BCUT2D eigenvalue weighted by Crippen LogP contribution is 2.45. The van der Waals surface area contributed by atoms with Gasteiger partial charge in [-0.3, -0.25) is 14.5 Å². The van der Waals surface area contributed by atoms with E-state index in [1.54, 1.807) is 13.0 Å². The number of nitrogens with zero attached hydrogens (tertiary/aromatic N) is 1. The Morgan fingerprint density at radius 1 is 1.00 bits per heavy atom. The summed E-state index contributed by atoms with van der Waals surface area (Å²) in [5.41, 5.74) is 0.108. The van der Waals surface area contributed by atoms with E-state index in [9.17, 15) is 27.9 Å². The molecular formula is C25H17ClF3NO4. The van der Waals surface area contributed by atoms with Crippen molar-refractivity contribution in [2.45, 2.75) is 13.0 Å². The first-order chi connectivity index (χ1) is 16.1. The maximum atomic E-state index is 14.7. The van der Waals surface area contributed by atoms with Crippen molar-refractivity contribution in [1.82, 2.24) is 0 Å². The van der Waals surface area contributed by atoms with Crippen LogP contribution in [0.2, 0.25) is 5.02 Å². The van der Waals surface area contributed by atoms with Gasteiger partial charge in [-0.25, -0.2) is 13.2 Å². The number of hydrogen-bond donors (Lipinski definition) is 1. The summed E-state index contributed by atoms with van der Waals surface area (Å²) in [6.07, 6.45) is 0. The molecule has 0 saturated carbocycles. The van der Waals surface area contributed by atoms with Crippen LogP contribution in [-0.4, -0.2) is 23.9 Å². The number of aliphatic hydroxyl groups excluding tert-OH is 1. The molecule has 9 heteroatoms. The lowest BCUT2D eigenvalue weighted by Crippen LogP contribution is -2.30. The molecule has 1 amide bonds. The maximum Gasteiger partial charge on any atom is 0.300 e. The Kier molecular flexibility index (Phi) is 6.10. The summed E-state index contributed by atoms with van der Waals surface area (Å²) in [5.74, 6) is -5.38. The molecule has 1 unspecified atom stereocenters. The van der Waals surface area contributed by atoms with Gasteiger partial charge in [0.1, 0.15) is 29.0 Å². The van der Waals surface area contributed by atoms with Gasteiger partial charge in [0.2, 0.25) is 0 Å². The van der Waals surface area contributed by atoms with Crippen molar-refractivity contribution in [3.63, 3.8) is 0 Å². The Morgan fingerprint density at radius 3 is 2.26 bits per heavy atom. The van der Waals surface area contributed by atoms with Crippen LogP contribution in [-0.2, 0) is 9.59 Å². The molecule has 3 aromatic rings. The molecule has 1 atom stereocenters. The zero-order chi connectivity index (χ0) is 24.7. The zero-order valence-corrected chi connectivity index (χ0v) is 18.7. The standard InChI is InChI=1S/C25H17ClF3NO4/c1-12-9-16(24(34-2)17(26)10-12)22(31)20-21(13-3-5-14(27)6-4-13)30(25(33)23(20)32)19-8-7-15(28)11-18(19)29/h3-11,21,31H,1-2H3/b22-20+. The van der Waals surface area contributed by atoms with E-state index in [1.165, 1.54) is 25.3 Å². The lowest BCUT2D eigenvalue weighted by Gasteiger charge is -2.26. The van der Waals surface area contributed by atoms with E-state index in [0.717, 1.165) is 29.2 Å². The average molecular weight is 488 g/mol. The second kappa shape index (κ2) is 8.87. The number of ether oxygens (including phenoxy) is 1. The third kappa shape index (κ3) is 3.90. The molecule has 0 radical (unpaired) electrons. The van der Waals surface area contributed by atoms with E-state index in [4.69, 9.17) is 16.3 Å². The van der Waals surface area contributed by atoms with Crippen LogP contribution in [0.25, 0.3) is 5.76 Å². The SMILES string of the molecule is COc1c(Cl)cc(C)cc1/C(O)=C1\C(=O)C(=O)N(c2ccc(F)cc2F)C1c1ccc(F)cc1. The minimum Gasteiger partial charge on any atom is -0.507 e. The van der Waals surface area contributed by atoms with Crippen molar-refractivity contribution in [2.75, 3.05) is 12.0 Å². The fourth-order valence-electron chi connectivity index (χ4n) is 3.98. The Hall–Kier alpha value is -3.78. The molecule has 1 aliphatic rings. The van der Waals surface area contributed by atoms with Crippen LogP contribution in [0.3, 0.4) is 0 Å². The zero-order valence-electron chi connectivity index (χ0n) is 17.9. The van der Waals surface area contributed by atoms with Gasteiger partial charge in [0, 0.05) is 6.07 Å². The predicted molar refractivity (Wildman–Crippen MR) is 120 cm³/mol. The van der Waals surface area contributed by atoms with Crippen LogP contribution >= 0.6 is 11.6 Å². The Labute approximate surface area is 197 Å². The van der Waals surface area contributed by atoms with Crippen molar-refractivity contribution in [1.29, 1.82) is 0 Å².